The number of carbonyl (C=O) groups excluding carboxylic acids is 1. The number of amides is 1. The number of piperazine rings is 1. The molecule has 1 N–H and O–H groups in total. The van der Waals surface area contributed by atoms with E-state index in [0.29, 0.717) is 10.0 Å². The van der Waals surface area contributed by atoms with E-state index in [2.05, 4.69) is 21.2 Å². The van der Waals surface area contributed by atoms with Crippen LogP contribution in [0.3, 0.4) is 0 Å². The van der Waals surface area contributed by atoms with E-state index in [1.54, 1.807) is 17.0 Å². The lowest BCUT2D eigenvalue weighted by atomic mass is 10.1. The van der Waals surface area contributed by atoms with Crippen LogP contribution in [0.4, 0.5) is 9.18 Å². The molecule has 0 unspecified atom stereocenters. The minimum atomic E-state index is -0.395. The van der Waals surface area contributed by atoms with E-state index in [1.807, 2.05) is 13.8 Å². The first-order valence-corrected chi connectivity index (χ1v) is 7.38. The third kappa shape index (κ3) is 3.49. The van der Waals surface area contributed by atoms with Gasteiger partial charge in [-0.1, -0.05) is 22.0 Å². The second-order valence-electron chi connectivity index (χ2n) is 5.05. The molecule has 1 aliphatic rings. The van der Waals surface area contributed by atoms with Crippen molar-refractivity contribution in [2.75, 3.05) is 13.1 Å². The first-order valence-electron chi connectivity index (χ1n) is 6.58. The van der Waals surface area contributed by atoms with Crippen molar-refractivity contribution in [2.24, 2.45) is 0 Å². The molecule has 110 valence electrons. The molecule has 1 saturated heterocycles. The van der Waals surface area contributed by atoms with Crippen LogP contribution in [0.5, 0.6) is 0 Å². The quantitative estimate of drug-likeness (QED) is 0.896. The van der Waals surface area contributed by atoms with Crippen LogP contribution < -0.4 is 5.32 Å². The second kappa shape index (κ2) is 6.54. The van der Waals surface area contributed by atoms with Gasteiger partial charge in [-0.2, -0.15) is 0 Å². The molecule has 0 aliphatic carbocycles. The molecule has 1 aromatic rings. The van der Waals surface area contributed by atoms with Gasteiger partial charge in [-0.3, -0.25) is 0 Å². The number of benzene rings is 1. The fourth-order valence-electron chi connectivity index (χ4n) is 2.34. The molecular weight excluding hydrogens is 327 g/mol. The highest BCUT2D eigenvalue weighted by atomic mass is 79.9. The fourth-order valence-corrected chi connectivity index (χ4v) is 2.68. The lowest BCUT2D eigenvalue weighted by molar-refractivity contribution is 0.0558. The number of ether oxygens (including phenoxy) is 1. The van der Waals surface area contributed by atoms with Crippen molar-refractivity contribution in [3.05, 3.63) is 34.1 Å². The van der Waals surface area contributed by atoms with Gasteiger partial charge in [0.1, 0.15) is 12.4 Å². The summed E-state index contributed by atoms with van der Waals surface area (Å²) in [6, 6.07) is 4.83. The summed E-state index contributed by atoms with van der Waals surface area (Å²) in [4.78, 5) is 13.8. The number of nitrogens with zero attached hydrogens (tertiary/aromatic N) is 1. The topological polar surface area (TPSA) is 41.6 Å². The minimum Gasteiger partial charge on any atom is -0.444 e. The van der Waals surface area contributed by atoms with E-state index < -0.39 is 6.09 Å². The lowest BCUT2D eigenvalue weighted by Crippen LogP contribution is -2.57. The summed E-state index contributed by atoms with van der Waals surface area (Å²) >= 11 is 3.19. The van der Waals surface area contributed by atoms with Crippen molar-refractivity contribution in [3.63, 3.8) is 0 Å². The van der Waals surface area contributed by atoms with Gasteiger partial charge in [-0.05, 0) is 26.0 Å². The van der Waals surface area contributed by atoms with Crippen molar-refractivity contribution in [3.8, 4) is 0 Å². The van der Waals surface area contributed by atoms with Crippen LogP contribution in [0.25, 0.3) is 0 Å². The Balaban J connectivity index is 1.97. The van der Waals surface area contributed by atoms with Crippen molar-refractivity contribution in [2.45, 2.75) is 32.5 Å². The number of halogens is 2. The first-order chi connectivity index (χ1) is 9.49. The van der Waals surface area contributed by atoms with Crippen LogP contribution in [-0.4, -0.2) is 36.2 Å². The SMILES string of the molecule is C[C@@H]1CNC[C@H](C)N1C(=O)OCc1ccc(Br)cc1F. The van der Waals surface area contributed by atoms with Crippen molar-refractivity contribution in [1.82, 2.24) is 10.2 Å². The molecule has 1 amide bonds. The largest absolute Gasteiger partial charge is 0.444 e. The average Bonchev–Trinajstić information content (AvgIpc) is 2.37. The van der Waals surface area contributed by atoms with E-state index in [9.17, 15) is 9.18 Å². The number of rotatable bonds is 2. The van der Waals surface area contributed by atoms with E-state index in [1.165, 1.54) is 6.07 Å². The maximum Gasteiger partial charge on any atom is 0.410 e. The van der Waals surface area contributed by atoms with Crippen molar-refractivity contribution >= 4 is 22.0 Å². The third-order valence-electron chi connectivity index (χ3n) is 3.41. The smallest absolute Gasteiger partial charge is 0.410 e. The maximum atomic E-state index is 13.7. The van der Waals surface area contributed by atoms with E-state index in [-0.39, 0.29) is 24.5 Å². The predicted molar refractivity (Wildman–Crippen MR) is 77.9 cm³/mol. The molecule has 20 heavy (non-hydrogen) atoms. The van der Waals surface area contributed by atoms with Gasteiger partial charge in [0.15, 0.2) is 0 Å². The summed E-state index contributed by atoms with van der Waals surface area (Å²) in [5.74, 6) is -0.381. The monoisotopic (exact) mass is 344 g/mol. The van der Waals surface area contributed by atoms with Gasteiger partial charge in [0.2, 0.25) is 0 Å². The van der Waals surface area contributed by atoms with Crippen LogP contribution in [0.2, 0.25) is 0 Å². The Morgan fingerprint density at radius 2 is 2.10 bits per heavy atom. The van der Waals surface area contributed by atoms with Gasteiger partial charge in [0, 0.05) is 35.2 Å². The van der Waals surface area contributed by atoms with E-state index in [4.69, 9.17) is 4.74 Å². The number of hydrogen-bond acceptors (Lipinski definition) is 3. The van der Waals surface area contributed by atoms with Gasteiger partial charge < -0.3 is 15.0 Å². The molecule has 1 aromatic carbocycles. The molecule has 2 rings (SSSR count). The third-order valence-corrected chi connectivity index (χ3v) is 3.90. The molecule has 4 nitrogen and oxygen atoms in total. The van der Waals surface area contributed by atoms with Gasteiger partial charge in [0.05, 0.1) is 0 Å². The highest BCUT2D eigenvalue weighted by Gasteiger charge is 2.30. The number of hydrogen-bond donors (Lipinski definition) is 1. The summed E-state index contributed by atoms with van der Waals surface area (Å²) in [6.45, 7) is 5.35. The first kappa shape index (κ1) is 15.3. The molecule has 6 heteroatoms. The molecular formula is C14H18BrFN2O2. The number of nitrogens with one attached hydrogen (secondary N) is 1. The van der Waals surface area contributed by atoms with E-state index >= 15 is 0 Å². The molecule has 0 saturated carbocycles. The summed E-state index contributed by atoms with van der Waals surface area (Å²) in [5.41, 5.74) is 0.372. The van der Waals surface area contributed by atoms with Crippen molar-refractivity contribution < 1.29 is 13.9 Å². The zero-order valence-electron chi connectivity index (χ0n) is 11.5. The Hall–Kier alpha value is -1.14. The minimum absolute atomic E-state index is 0.0543. The summed E-state index contributed by atoms with van der Waals surface area (Å²) < 4.78 is 19.5. The lowest BCUT2D eigenvalue weighted by Gasteiger charge is -2.38. The molecule has 1 fully saturated rings. The average molecular weight is 345 g/mol. The Labute approximate surface area is 126 Å². The zero-order valence-corrected chi connectivity index (χ0v) is 13.1. The molecule has 0 aromatic heterocycles. The van der Waals surface area contributed by atoms with Crippen molar-refractivity contribution in [1.29, 1.82) is 0 Å². The fraction of sp³-hybridized carbons (Fsp3) is 0.500. The van der Waals surface area contributed by atoms with Gasteiger partial charge in [-0.15, -0.1) is 0 Å². The van der Waals surface area contributed by atoms with Gasteiger partial charge in [-0.25, -0.2) is 9.18 Å². The standard InChI is InChI=1S/C14H18BrFN2O2/c1-9-6-17-7-10(2)18(9)14(19)20-8-11-3-4-12(15)5-13(11)16/h3-5,9-10,17H,6-8H2,1-2H3/t9-,10+. The van der Waals surface area contributed by atoms with E-state index in [0.717, 1.165) is 13.1 Å². The highest BCUT2D eigenvalue weighted by Crippen LogP contribution is 2.17. The molecule has 1 heterocycles. The zero-order chi connectivity index (χ0) is 14.7. The Kier molecular flexibility index (Phi) is 4.99. The molecule has 1 aliphatic heterocycles. The summed E-state index contributed by atoms with van der Waals surface area (Å²) in [6.07, 6.45) is -0.395. The predicted octanol–water partition coefficient (Wildman–Crippen LogP) is 2.91. The second-order valence-corrected chi connectivity index (χ2v) is 5.97. The Bertz CT molecular complexity index is 488. The highest BCUT2D eigenvalue weighted by molar-refractivity contribution is 9.10. The molecule has 2 atom stereocenters. The van der Waals surface area contributed by atoms with Crippen LogP contribution in [0.15, 0.2) is 22.7 Å². The van der Waals surface area contributed by atoms with Crippen LogP contribution >= 0.6 is 15.9 Å². The molecule has 0 bridgehead atoms. The van der Waals surface area contributed by atoms with Crippen LogP contribution in [-0.2, 0) is 11.3 Å². The Morgan fingerprint density at radius 1 is 1.45 bits per heavy atom. The van der Waals surface area contributed by atoms with Gasteiger partial charge in [0.25, 0.3) is 0 Å². The summed E-state index contributed by atoms with van der Waals surface area (Å²) in [7, 11) is 0. The van der Waals surface area contributed by atoms with Crippen LogP contribution in [0, 0.1) is 5.82 Å². The number of carbonyl (C=O) groups is 1. The Morgan fingerprint density at radius 3 is 2.70 bits per heavy atom. The summed E-state index contributed by atoms with van der Waals surface area (Å²) in [5, 5.41) is 3.24. The van der Waals surface area contributed by atoms with Crippen LogP contribution in [0.1, 0.15) is 19.4 Å². The normalized spacial score (nSPS) is 22.7. The molecule has 0 spiro atoms. The maximum absolute atomic E-state index is 13.7. The molecule has 0 radical (unpaired) electrons. The van der Waals surface area contributed by atoms with Gasteiger partial charge >= 0.3 is 6.09 Å².